The fourth-order valence-electron chi connectivity index (χ4n) is 4.86. The van der Waals surface area contributed by atoms with Crippen LogP contribution in [0.15, 0.2) is 54.6 Å². The van der Waals surface area contributed by atoms with Gasteiger partial charge in [0.2, 0.25) is 12.7 Å². The Kier molecular flexibility index (Phi) is 4.00. The second-order valence-electron chi connectivity index (χ2n) is 8.10. The zero-order chi connectivity index (χ0) is 23.0. The number of para-hydroxylation sites is 1. The summed E-state index contributed by atoms with van der Waals surface area (Å²) in [6.07, 6.45) is -4.69. The van der Waals surface area contributed by atoms with Gasteiger partial charge in [0.1, 0.15) is 23.6 Å². The lowest BCUT2D eigenvalue weighted by atomic mass is 9.77. The van der Waals surface area contributed by atoms with E-state index in [4.69, 9.17) is 14.2 Å². The van der Waals surface area contributed by atoms with Crippen molar-refractivity contribution in [1.29, 1.82) is 0 Å². The quantitative estimate of drug-likeness (QED) is 0.519. The largest absolute Gasteiger partial charge is 0.491 e. The smallest absolute Gasteiger partial charge is 0.416 e. The molecule has 0 radical (unpaired) electrons. The van der Waals surface area contributed by atoms with Gasteiger partial charge in [-0.15, -0.1) is 0 Å². The minimum absolute atomic E-state index is 0.0210. The third-order valence-corrected chi connectivity index (χ3v) is 6.34. The molecule has 1 unspecified atom stereocenters. The van der Waals surface area contributed by atoms with E-state index in [1.807, 2.05) is 0 Å². The van der Waals surface area contributed by atoms with Gasteiger partial charge < -0.3 is 19.1 Å². The highest BCUT2D eigenvalue weighted by atomic mass is 19.4. The summed E-state index contributed by atoms with van der Waals surface area (Å²) < 4.78 is 71.4. The molecule has 6 rings (SSSR count). The van der Waals surface area contributed by atoms with E-state index in [0.717, 1.165) is 12.1 Å². The number of halogens is 4. The molecule has 3 aromatic rings. The molecular formula is C24H15F4NO4. The van der Waals surface area contributed by atoms with Crippen molar-refractivity contribution in [2.75, 3.05) is 18.3 Å². The highest BCUT2D eigenvalue weighted by Crippen LogP contribution is 2.55. The summed E-state index contributed by atoms with van der Waals surface area (Å²) in [5.74, 6) is 0.155. The van der Waals surface area contributed by atoms with Crippen molar-refractivity contribution >= 4 is 11.6 Å². The Hall–Kier alpha value is -3.75. The molecule has 0 fully saturated rings. The number of anilines is 1. The lowest BCUT2D eigenvalue weighted by Crippen LogP contribution is -2.42. The van der Waals surface area contributed by atoms with Crippen molar-refractivity contribution < 1.29 is 36.6 Å². The van der Waals surface area contributed by atoms with E-state index in [-0.39, 0.29) is 19.0 Å². The van der Waals surface area contributed by atoms with Crippen LogP contribution in [0.4, 0.5) is 23.2 Å². The third kappa shape index (κ3) is 2.74. The zero-order valence-electron chi connectivity index (χ0n) is 16.9. The minimum atomic E-state index is -4.69. The molecule has 3 aromatic carbocycles. The Morgan fingerprint density at radius 1 is 0.909 bits per heavy atom. The molecular weight excluding hydrogens is 442 g/mol. The Morgan fingerprint density at radius 2 is 1.67 bits per heavy atom. The molecule has 3 heterocycles. The Morgan fingerprint density at radius 3 is 2.45 bits per heavy atom. The summed E-state index contributed by atoms with van der Waals surface area (Å²) >= 11 is 0. The summed E-state index contributed by atoms with van der Waals surface area (Å²) in [5, 5.41) is 0. The minimum Gasteiger partial charge on any atom is -0.491 e. The number of carbonyl (C=O) groups excluding carboxylic acids is 1. The van der Waals surface area contributed by atoms with Gasteiger partial charge in [-0.05, 0) is 41.5 Å². The molecule has 33 heavy (non-hydrogen) atoms. The first kappa shape index (κ1) is 19.9. The topological polar surface area (TPSA) is 48.0 Å². The van der Waals surface area contributed by atoms with Crippen LogP contribution >= 0.6 is 0 Å². The van der Waals surface area contributed by atoms with Crippen LogP contribution in [0.25, 0.3) is 0 Å². The summed E-state index contributed by atoms with van der Waals surface area (Å²) in [7, 11) is 0. The Balaban J connectivity index is 1.49. The van der Waals surface area contributed by atoms with Crippen LogP contribution in [-0.2, 0) is 22.9 Å². The normalized spacial score (nSPS) is 20.2. The number of benzene rings is 3. The van der Waals surface area contributed by atoms with Crippen LogP contribution < -0.4 is 19.1 Å². The van der Waals surface area contributed by atoms with Crippen LogP contribution in [0.3, 0.4) is 0 Å². The molecule has 0 aromatic heterocycles. The van der Waals surface area contributed by atoms with Crippen molar-refractivity contribution in [2.45, 2.75) is 18.1 Å². The van der Waals surface area contributed by atoms with E-state index in [9.17, 15) is 22.4 Å². The summed E-state index contributed by atoms with van der Waals surface area (Å²) in [5.41, 5.74) is -0.943. The van der Waals surface area contributed by atoms with Crippen LogP contribution in [-0.4, -0.2) is 19.3 Å². The number of hydrogen-bond acceptors (Lipinski definition) is 4. The second kappa shape index (κ2) is 6.63. The van der Waals surface area contributed by atoms with E-state index in [0.29, 0.717) is 40.1 Å². The van der Waals surface area contributed by atoms with Crippen LogP contribution in [0.1, 0.15) is 22.3 Å². The van der Waals surface area contributed by atoms with E-state index in [1.54, 1.807) is 36.4 Å². The molecule has 1 amide bonds. The van der Waals surface area contributed by atoms with Gasteiger partial charge in [0.05, 0.1) is 12.1 Å². The summed E-state index contributed by atoms with van der Waals surface area (Å²) in [4.78, 5) is 15.2. The van der Waals surface area contributed by atoms with Gasteiger partial charge in [-0.3, -0.25) is 4.79 Å². The van der Waals surface area contributed by atoms with Crippen LogP contribution in [0, 0.1) is 5.82 Å². The number of nitrogens with zero attached hydrogens (tertiary/aromatic N) is 1. The maximum atomic E-state index is 13.9. The molecule has 3 aliphatic heterocycles. The second-order valence-corrected chi connectivity index (χ2v) is 8.10. The molecule has 5 nitrogen and oxygen atoms in total. The fraction of sp³-hybridized carbons (Fsp3) is 0.208. The molecule has 3 aliphatic rings. The number of carbonyl (C=O) groups is 1. The predicted octanol–water partition coefficient (Wildman–Crippen LogP) is 4.80. The van der Waals surface area contributed by atoms with Crippen LogP contribution in [0.2, 0.25) is 0 Å². The molecule has 9 heteroatoms. The predicted molar refractivity (Wildman–Crippen MR) is 108 cm³/mol. The number of ether oxygens (including phenoxy) is 3. The first-order chi connectivity index (χ1) is 15.8. The zero-order valence-corrected chi connectivity index (χ0v) is 16.9. The van der Waals surface area contributed by atoms with Gasteiger partial charge in [-0.1, -0.05) is 18.2 Å². The van der Waals surface area contributed by atoms with Crippen molar-refractivity contribution in [2.24, 2.45) is 0 Å². The van der Waals surface area contributed by atoms with E-state index >= 15 is 0 Å². The van der Waals surface area contributed by atoms with E-state index < -0.39 is 35.4 Å². The average molecular weight is 457 g/mol. The molecule has 1 spiro atoms. The molecule has 1 atom stereocenters. The number of rotatable bonds is 2. The number of amides is 1. The van der Waals surface area contributed by atoms with Crippen LogP contribution in [0.5, 0.6) is 17.2 Å². The highest BCUT2D eigenvalue weighted by molar-refractivity contribution is 6.11. The lowest BCUT2D eigenvalue weighted by Gasteiger charge is -2.24. The molecule has 0 aliphatic carbocycles. The lowest BCUT2D eigenvalue weighted by molar-refractivity contribution is -0.138. The summed E-state index contributed by atoms with van der Waals surface area (Å²) in [6.45, 7) is -0.418. The number of fused-ring (bicyclic) bond motifs is 5. The first-order valence-corrected chi connectivity index (χ1v) is 10.1. The Bertz CT molecular complexity index is 1320. The van der Waals surface area contributed by atoms with Gasteiger partial charge in [-0.25, -0.2) is 4.39 Å². The van der Waals surface area contributed by atoms with Gasteiger partial charge in [-0.2, -0.15) is 13.2 Å². The van der Waals surface area contributed by atoms with Crippen molar-refractivity contribution in [3.05, 3.63) is 82.7 Å². The molecule has 0 N–H and O–H groups in total. The van der Waals surface area contributed by atoms with Crippen molar-refractivity contribution in [3.63, 3.8) is 0 Å². The third-order valence-electron chi connectivity index (χ3n) is 6.34. The van der Waals surface area contributed by atoms with E-state index in [1.165, 1.54) is 4.90 Å². The number of hydrogen-bond donors (Lipinski definition) is 0. The monoisotopic (exact) mass is 457 g/mol. The summed E-state index contributed by atoms with van der Waals surface area (Å²) in [6, 6.07) is 12.5. The van der Waals surface area contributed by atoms with Gasteiger partial charge >= 0.3 is 6.18 Å². The van der Waals surface area contributed by atoms with Gasteiger partial charge in [0.25, 0.3) is 0 Å². The highest BCUT2D eigenvalue weighted by Gasteiger charge is 2.57. The van der Waals surface area contributed by atoms with E-state index in [2.05, 4.69) is 0 Å². The molecule has 0 saturated heterocycles. The SMILES string of the molecule is O=C1N(Cc2cc(F)ccc2C(F)(F)F)c2ccccc2C12COc1cc3c(cc12)OCO3. The standard InChI is InChI=1S/C24H15F4NO4/c25-14-5-6-15(24(26,27)28)13(7-14)10-29-18-4-2-1-3-16(18)23(22(29)30)11-31-19-9-21-20(8-17(19)23)32-12-33-21/h1-9H,10-12H2. The Labute approximate surface area is 185 Å². The maximum Gasteiger partial charge on any atom is 0.416 e. The number of alkyl halides is 3. The van der Waals surface area contributed by atoms with Gasteiger partial charge in [0.15, 0.2) is 11.5 Å². The van der Waals surface area contributed by atoms with Crippen molar-refractivity contribution in [1.82, 2.24) is 0 Å². The molecule has 0 saturated carbocycles. The van der Waals surface area contributed by atoms with Gasteiger partial charge in [0, 0.05) is 17.3 Å². The maximum absolute atomic E-state index is 13.9. The first-order valence-electron chi connectivity index (χ1n) is 10.1. The fourth-order valence-corrected chi connectivity index (χ4v) is 4.86. The van der Waals surface area contributed by atoms with Crippen molar-refractivity contribution in [3.8, 4) is 17.2 Å². The molecule has 168 valence electrons. The molecule has 0 bridgehead atoms. The average Bonchev–Trinajstić information content (AvgIpc) is 3.44.